The molecule has 4 heteroatoms. The normalized spacial score (nSPS) is 9.86. The molecule has 0 aliphatic carbocycles. The lowest BCUT2D eigenvalue weighted by atomic mass is 9.99. The average molecular weight is 189 g/mol. The van der Waals surface area contributed by atoms with Crippen LogP contribution in [0.1, 0.15) is 25.0 Å². The van der Waals surface area contributed by atoms with Crippen molar-refractivity contribution < 1.29 is 4.92 Å². The zero-order valence-electron chi connectivity index (χ0n) is 7.94. The fourth-order valence-corrected chi connectivity index (χ4v) is 1.17. The van der Waals surface area contributed by atoms with Gasteiger partial charge in [-0.05, 0) is 12.1 Å². The monoisotopic (exact) mass is 189 g/mol. The Bertz CT molecular complexity index is 405. The Morgan fingerprint density at radius 3 is 2.57 bits per heavy atom. The van der Waals surface area contributed by atoms with Gasteiger partial charge >= 0.3 is 0 Å². The van der Waals surface area contributed by atoms with Gasteiger partial charge in [-0.25, -0.2) is 0 Å². The maximum Gasteiger partial charge on any atom is 0.273 e. The van der Waals surface area contributed by atoms with Crippen LogP contribution < -0.4 is 0 Å². The summed E-state index contributed by atoms with van der Waals surface area (Å²) in [4.78, 5) is 10.2. The van der Waals surface area contributed by atoms with Crippen molar-refractivity contribution in [3.05, 3.63) is 45.4 Å². The van der Waals surface area contributed by atoms with Crippen molar-refractivity contribution in [1.29, 1.82) is 5.26 Å². The first-order valence-electron chi connectivity index (χ1n) is 4.05. The molecule has 1 radical (unpaired) electrons. The van der Waals surface area contributed by atoms with E-state index < -0.39 is 4.92 Å². The molecule has 0 saturated heterocycles. The van der Waals surface area contributed by atoms with Crippen LogP contribution in [0.4, 0.5) is 5.69 Å². The largest absolute Gasteiger partial charge is 0.273 e. The maximum absolute atomic E-state index is 10.6. The van der Waals surface area contributed by atoms with Gasteiger partial charge in [-0.2, -0.15) is 5.26 Å². The van der Waals surface area contributed by atoms with Crippen molar-refractivity contribution in [1.82, 2.24) is 0 Å². The van der Waals surface area contributed by atoms with Crippen LogP contribution in [0.25, 0.3) is 0 Å². The van der Waals surface area contributed by atoms with Gasteiger partial charge in [0.2, 0.25) is 0 Å². The lowest BCUT2D eigenvalue weighted by molar-refractivity contribution is -0.385. The zero-order chi connectivity index (χ0) is 10.7. The van der Waals surface area contributed by atoms with Crippen LogP contribution >= 0.6 is 0 Å². The predicted molar refractivity (Wildman–Crippen MR) is 51.5 cm³/mol. The van der Waals surface area contributed by atoms with Crippen molar-refractivity contribution >= 4 is 5.69 Å². The summed E-state index contributed by atoms with van der Waals surface area (Å²) in [5, 5.41) is 19.3. The van der Waals surface area contributed by atoms with Gasteiger partial charge in [0.15, 0.2) is 0 Å². The summed E-state index contributed by atoms with van der Waals surface area (Å²) < 4.78 is 0. The van der Waals surface area contributed by atoms with Gasteiger partial charge in [-0.15, -0.1) is 0 Å². The van der Waals surface area contributed by atoms with Gasteiger partial charge in [-0.3, -0.25) is 10.1 Å². The van der Waals surface area contributed by atoms with E-state index in [-0.39, 0.29) is 5.69 Å². The molecule has 0 heterocycles. The second-order valence-corrected chi connectivity index (χ2v) is 3.10. The molecule has 0 saturated carbocycles. The molecule has 0 amide bonds. The van der Waals surface area contributed by atoms with Crippen molar-refractivity contribution in [3.8, 4) is 6.07 Å². The van der Waals surface area contributed by atoms with E-state index in [2.05, 4.69) is 0 Å². The fraction of sp³-hybridized carbons (Fsp3) is 0.200. The number of benzene rings is 1. The number of hydrogen-bond donors (Lipinski definition) is 0. The van der Waals surface area contributed by atoms with Crippen molar-refractivity contribution in [3.63, 3.8) is 0 Å². The number of rotatable bonds is 2. The van der Waals surface area contributed by atoms with Crippen LogP contribution in [-0.4, -0.2) is 4.92 Å². The third-order valence-electron chi connectivity index (χ3n) is 1.86. The lowest BCUT2D eigenvalue weighted by Crippen LogP contribution is -1.98. The first-order valence-corrected chi connectivity index (χ1v) is 4.05. The number of hydrogen-bond acceptors (Lipinski definition) is 3. The molecule has 0 aromatic heterocycles. The summed E-state index contributed by atoms with van der Waals surface area (Å²) in [7, 11) is 0. The van der Waals surface area contributed by atoms with Crippen LogP contribution in [0.5, 0.6) is 0 Å². The molecule has 14 heavy (non-hydrogen) atoms. The number of nitrogens with zero attached hydrogens (tertiary/aromatic N) is 2. The Hall–Kier alpha value is -1.89. The molecule has 0 unspecified atom stereocenters. The fourth-order valence-electron chi connectivity index (χ4n) is 1.17. The highest BCUT2D eigenvalue weighted by atomic mass is 16.6. The van der Waals surface area contributed by atoms with Gasteiger partial charge in [-0.1, -0.05) is 13.8 Å². The minimum atomic E-state index is -0.441. The van der Waals surface area contributed by atoms with Gasteiger partial charge in [0.05, 0.1) is 16.6 Å². The second-order valence-electron chi connectivity index (χ2n) is 3.10. The molecule has 0 bridgehead atoms. The van der Waals surface area contributed by atoms with Crippen LogP contribution in [0.3, 0.4) is 0 Å². The summed E-state index contributed by atoms with van der Waals surface area (Å²) in [6.07, 6.45) is 0. The molecule has 0 spiro atoms. The molecule has 71 valence electrons. The molecule has 0 atom stereocenters. The number of nitro benzene ring substituents is 1. The molecular formula is C10H9N2O2. The van der Waals surface area contributed by atoms with Gasteiger partial charge < -0.3 is 0 Å². The van der Waals surface area contributed by atoms with E-state index in [1.54, 1.807) is 13.8 Å². The summed E-state index contributed by atoms with van der Waals surface area (Å²) in [5.74, 6) is 0.828. The van der Waals surface area contributed by atoms with Crippen molar-refractivity contribution in [2.24, 2.45) is 0 Å². The Morgan fingerprint density at radius 1 is 1.50 bits per heavy atom. The van der Waals surface area contributed by atoms with Gasteiger partial charge in [0.25, 0.3) is 5.69 Å². The number of nitro groups is 1. The van der Waals surface area contributed by atoms with Crippen molar-refractivity contribution in [2.45, 2.75) is 13.8 Å². The average Bonchev–Trinajstić information content (AvgIpc) is 2.16. The Balaban J connectivity index is 3.33. The zero-order valence-corrected chi connectivity index (χ0v) is 7.94. The summed E-state index contributed by atoms with van der Waals surface area (Å²) in [6.45, 7) is 3.56. The van der Waals surface area contributed by atoms with Crippen LogP contribution in [0, 0.1) is 27.4 Å². The standard InChI is InChI=1S/C10H9N2O2/c1-7(2)9-5-8(6-11)3-4-10(9)12(13)14/h3-5H,1-2H3. The SMILES string of the molecule is C[C](C)c1cc(C#N)ccc1[N+](=O)[O-]. The molecular weight excluding hydrogens is 180 g/mol. The van der Waals surface area contributed by atoms with Crippen LogP contribution in [-0.2, 0) is 0 Å². The minimum absolute atomic E-state index is 0.0454. The highest BCUT2D eigenvalue weighted by Crippen LogP contribution is 2.26. The topological polar surface area (TPSA) is 66.9 Å². The van der Waals surface area contributed by atoms with E-state index in [1.807, 2.05) is 6.07 Å². The highest BCUT2D eigenvalue weighted by molar-refractivity contribution is 5.52. The lowest BCUT2D eigenvalue weighted by Gasteiger charge is -2.05. The molecule has 0 N–H and O–H groups in total. The van der Waals surface area contributed by atoms with E-state index in [0.29, 0.717) is 11.1 Å². The van der Waals surface area contributed by atoms with E-state index in [9.17, 15) is 10.1 Å². The van der Waals surface area contributed by atoms with E-state index in [0.717, 1.165) is 5.92 Å². The molecule has 0 aliphatic heterocycles. The molecule has 1 aromatic rings. The minimum Gasteiger partial charge on any atom is -0.258 e. The number of nitriles is 1. The van der Waals surface area contributed by atoms with Crippen LogP contribution in [0.2, 0.25) is 0 Å². The first kappa shape index (κ1) is 10.2. The van der Waals surface area contributed by atoms with E-state index >= 15 is 0 Å². The maximum atomic E-state index is 10.6. The molecule has 0 aliphatic rings. The summed E-state index contributed by atoms with van der Waals surface area (Å²) in [6, 6.07) is 6.30. The quantitative estimate of drug-likeness (QED) is 0.530. The second kappa shape index (κ2) is 3.88. The highest BCUT2D eigenvalue weighted by Gasteiger charge is 2.16. The Labute approximate surface area is 81.9 Å². The van der Waals surface area contributed by atoms with Gasteiger partial charge in [0, 0.05) is 17.5 Å². The third kappa shape index (κ3) is 1.88. The Kier molecular flexibility index (Phi) is 2.82. The molecule has 0 fully saturated rings. The predicted octanol–water partition coefficient (Wildman–Crippen LogP) is 2.43. The summed E-state index contributed by atoms with van der Waals surface area (Å²) in [5.41, 5.74) is 1.00. The summed E-state index contributed by atoms with van der Waals surface area (Å²) >= 11 is 0. The molecule has 1 rings (SSSR count). The van der Waals surface area contributed by atoms with E-state index in [4.69, 9.17) is 5.26 Å². The molecule has 4 nitrogen and oxygen atoms in total. The van der Waals surface area contributed by atoms with Gasteiger partial charge in [0.1, 0.15) is 0 Å². The van der Waals surface area contributed by atoms with Crippen LogP contribution in [0.15, 0.2) is 18.2 Å². The first-order chi connectivity index (χ1) is 6.56. The Morgan fingerprint density at radius 2 is 2.14 bits per heavy atom. The van der Waals surface area contributed by atoms with Crippen molar-refractivity contribution in [2.75, 3.05) is 0 Å². The third-order valence-corrected chi connectivity index (χ3v) is 1.86. The van der Waals surface area contributed by atoms with E-state index in [1.165, 1.54) is 18.2 Å². The molecule has 1 aromatic carbocycles. The smallest absolute Gasteiger partial charge is 0.258 e.